The van der Waals surface area contributed by atoms with Crippen LogP contribution in [0.3, 0.4) is 0 Å². The zero-order valence-corrected chi connectivity index (χ0v) is 32.6. The minimum Gasteiger partial charge on any atom is -0.349 e. The van der Waals surface area contributed by atoms with Gasteiger partial charge >= 0.3 is 0 Å². The van der Waals surface area contributed by atoms with Crippen LogP contribution in [-0.2, 0) is 30.6 Å². The molecule has 0 saturated heterocycles. The van der Waals surface area contributed by atoms with Crippen LogP contribution < -0.4 is 10.6 Å². The second-order valence-corrected chi connectivity index (χ2v) is 16.0. The Labute approximate surface area is 332 Å². The number of aliphatic imine (C=N–C) groups is 1. The van der Waals surface area contributed by atoms with Crippen LogP contribution in [0.15, 0.2) is 95.8 Å². The Bertz CT molecular complexity index is 2510. The number of aromatic nitrogens is 4. The first kappa shape index (κ1) is 37.1. The van der Waals surface area contributed by atoms with Crippen LogP contribution in [-0.4, -0.2) is 43.8 Å². The molecule has 0 radical (unpaired) electrons. The molecule has 282 valence electrons. The lowest BCUT2D eigenvalue weighted by atomic mass is 9.83. The number of hydrogen-bond donors (Lipinski definition) is 2. The van der Waals surface area contributed by atoms with Gasteiger partial charge in [-0.15, -0.1) is 39.4 Å². The van der Waals surface area contributed by atoms with Crippen molar-refractivity contribution < 1.29 is 14.0 Å². The number of nitrogens with zero attached hydrogens (tertiary/aromatic N) is 5. The van der Waals surface area contributed by atoms with E-state index in [0.717, 1.165) is 37.4 Å². The molecule has 56 heavy (non-hydrogen) atoms. The summed E-state index contributed by atoms with van der Waals surface area (Å²) in [6, 6.07) is 22.1. The molecule has 0 atom stereocenters. The molecule has 8 rings (SSSR count). The Balaban J connectivity index is 0.980. The predicted molar refractivity (Wildman–Crippen MR) is 223 cm³/mol. The second kappa shape index (κ2) is 16.5. The summed E-state index contributed by atoms with van der Waals surface area (Å²) in [6.45, 7) is 6.23. The predicted octanol–water partition coefficient (Wildman–Crippen LogP) is 8.90. The van der Waals surface area contributed by atoms with Gasteiger partial charge < -0.3 is 10.6 Å². The van der Waals surface area contributed by atoms with E-state index in [1.54, 1.807) is 40.9 Å². The summed E-state index contributed by atoms with van der Waals surface area (Å²) in [5.41, 5.74) is 6.70. The minimum atomic E-state index is -0.333. The Kier molecular flexibility index (Phi) is 10.9. The van der Waals surface area contributed by atoms with Gasteiger partial charge in [0.05, 0.1) is 17.8 Å². The van der Waals surface area contributed by atoms with Crippen molar-refractivity contribution in [3.8, 4) is 5.00 Å². The maximum atomic E-state index is 15.1. The molecule has 9 nitrogen and oxygen atoms in total. The van der Waals surface area contributed by atoms with Crippen LogP contribution in [0, 0.1) is 12.7 Å². The number of hydrogen-bond acceptors (Lipinski definition) is 8. The summed E-state index contributed by atoms with van der Waals surface area (Å²) in [6.07, 6.45) is 10.7. The van der Waals surface area contributed by atoms with E-state index >= 15 is 4.39 Å². The molecule has 0 spiro atoms. The van der Waals surface area contributed by atoms with Crippen LogP contribution in [0.2, 0.25) is 0 Å². The van der Waals surface area contributed by atoms with Gasteiger partial charge in [-0.3, -0.25) is 19.1 Å². The highest BCUT2D eigenvalue weighted by Crippen LogP contribution is 2.37. The minimum absolute atomic E-state index is 0.0245. The van der Waals surface area contributed by atoms with E-state index in [4.69, 9.17) is 9.98 Å². The average molecular weight is 782 g/mol. The maximum Gasteiger partial charge on any atom is 0.251 e. The highest BCUT2D eigenvalue weighted by Gasteiger charge is 2.26. The van der Waals surface area contributed by atoms with Crippen molar-refractivity contribution in [2.75, 3.05) is 11.9 Å². The fraction of sp³-hybridized carbons (Fsp3) is 0.227. The first-order valence-corrected chi connectivity index (χ1v) is 20.4. The van der Waals surface area contributed by atoms with E-state index < -0.39 is 0 Å². The Hall–Kier alpha value is -5.85. The highest BCUT2D eigenvalue weighted by atomic mass is 32.1. The van der Waals surface area contributed by atoms with Crippen molar-refractivity contribution in [3.05, 3.63) is 157 Å². The second-order valence-electron chi connectivity index (χ2n) is 14.0. The van der Waals surface area contributed by atoms with Crippen LogP contribution in [0.25, 0.3) is 17.2 Å². The van der Waals surface area contributed by atoms with Gasteiger partial charge in [0.1, 0.15) is 28.2 Å². The molecule has 1 aliphatic carbocycles. The number of fused-ring (bicyclic) bond motifs is 3. The number of amides is 2. The van der Waals surface area contributed by atoms with Gasteiger partial charge in [0.25, 0.3) is 5.91 Å². The van der Waals surface area contributed by atoms with E-state index in [-0.39, 0.29) is 24.1 Å². The molecule has 2 aliphatic rings. The zero-order valence-electron chi connectivity index (χ0n) is 30.9. The van der Waals surface area contributed by atoms with E-state index in [9.17, 15) is 9.59 Å². The Morgan fingerprint density at radius 2 is 1.88 bits per heavy atom. The fourth-order valence-electron chi connectivity index (χ4n) is 6.99. The third-order valence-corrected chi connectivity index (χ3v) is 12.1. The van der Waals surface area contributed by atoms with Gasteiger partial charge in [-0.25, -0.2) is 9.37 Å². The first-order chi connectivity index (χ1) is 27.3. The molecule has 6 aromatic rings. The summed E-state index contributed by atoms with van der Waals surface area (Å²) < 4.78 is 17.1. The highest BCUT2D eigenvalue weighted by molar-refractivity contribution is 7.15. The van der Waals surface area contributed by atoms with Gasteiger partial charge in [-0.05, 0) is 91.8 Å². The molecule has 12 heteroatoms. The molecule has 2 amide bonds. The number of carbonyl (C=O) groups is 2. The van der Waals surface area contributed by atoms with E-state index in [1.807, 2.05) is 72.2 Å². The summed E-state index contributed by atoms with van der Waals surface area (Å²) in [4.78, 5) is 37.5. The largest absolute Gasteiger partial charge is 0.349 e. The SMILES string of the molecule is C=CCNC(=O)c1cc(CCc2cc3c(s2)-n2c(C)nnc2CN=C3c2ccccc2F)ccc1CC(=O)Nc1cccc(C=Cc2nc(C3CCC3)cs2)c1. The number of thiazole rings is 1. The van der Waals surface area contributed by atoms with Crippen molar-refractivity contribution in [2.24, 2.45) is 4.99 Å². The van der Waals surface area contributed by atoms with Gasteiger partial charge in [-0.1, -0.05) is 55.0 Å². The monoisotopic (exact) mass is 781 g/mol. The lowest BCUT2D eigenvalue weighted by Gasteiger charge is -2.22. The van der Waals surface area contributed by atoms with Crippen molar-refractivity contribution in [1.82, 2.24) is 25.1 Å². The Morgan fingerprint density at radius 3 is 2.70 bits per heavy atom. The molecule has 2 N–H and O–H groups in total. The molecule has 0 bridgehead atoms. The Morgan fingerprint density at radius 1 is 1.00 bits per heavy atom. The lowest BCUT2D eigenvalue weighted by molar-refractivity contribution is -0.115. The van der Waals surface area contributed by atoms with Crippen molar-refractivity contribution >= 4 is 58.0 Å². The van der Waals surface area contributed by atoms with Gasteiger partial charge in [0.2, 0.25) is 5.91 Å². The molecular formula is C44H40FN7O2S2. The summed E-state index contributed by atoms with van der Waals surface area (Å²) >= 11 is 3.26. The first-order valence-electron chi connectivity index (χ1n) is 18.7. The lowest BCUT2D eigenvalue weighted by Crippen LogP contribution is -2.26. The molecule has 1 fully saturated rings. The molecular weight excluding hydrogens is 742 g/mol. The van der Waals surface area contributed by atoms with Crippen molar-refractivity contribution in [1.29, 1.82) is 0 Å². The average Bonchev–Trinajstić information content (AvgIpc) is 3.89. The normalized spacial score (nSPS) is 13.7. The van der Waals surface area contributed by atoms with E-state index in [1.165, 1.54) is 31.0 Å². The molecule has 1 saturated carbocycles. The number of nitrogens with one attached hydrogen (secondary N) is 2. The smallest absolute Gasteiger partial charge is 0.251 e. The number of aryl methyl sites for hydroxylation is 3. The van der Waals surface area contributed by atoms with E-state index in [0.29, 0.717) is 65.8 Å². The third kappa shape index (κ3) is 8.07. The standard InChI is InChI=1S/C44H40FN7O2S2/c1-3-20-46-43(54)35-22-29(15-18-33-24-36-42(34-12-4-5-13-37(34)45)47-25-39-51-50-27(2)52(39)44(36)56-33)14-17-31(35)23-40(53)48-32-11-6-8-28(21-32)16-19-41-49-38(26-55-41)30-9-7-10-30/h3-6,8,11-14,16-17,19,21-22,24,26,30H,1,7,9-10,15,18,20,23,25H2,2H3,(H,46,54)(H,48,53). The fourth-order valence-corrected chi connectivity index (χ4v) is 9.00. The number of thiophene rings is 1. The molecule has 3 aromatic carbocycles. The van der Waals surface area contributed by atoms with Gasteiger partial charge in [-0.2, -0.15) is 0 Å². The van der Waals surface area contributed by atoms with Crippen LogP contribution in [0.5, 0.6) is 0 Å². The number of anilines is 1. The number of halogens is 1. The summed E-state index contributed by atoms with van der Waals surface area (Å²) in [5, 5.41) is 18.6. The van der Waals surface area contributed by atoms with Gasteiger partial charge in [0.15, 0.2) is 5.82 Å². The maximum absolute atomic E-state index is 15.1. The molecule has 0 unspecified atom stereocenters. The summed E-state index contributed by atoms with van der Waals surface area (Å²) in [7, 11) is 0. The number of carbonyl (C=O) groups excluding carboxylic acids is 2. The number of benzene rings is 3. The van der Waals surface area contributed by atoms with Crippen molar-refractivity contribution in [3.63, 3.8) is 0 Å². The van der Waals surface area contributed by atoms with E-state index in [2.05, 4.69) is 38.9 Å². The molecule has 4 heterocycles. The van der Waals surface area contributed by atoms with Crippen LogP contribution >= 0.6 is 22.7 Å². The molecule has 1 aliphatic heterocycles. The van der Waals surface area contributed by atoms with Crippen molar-refractivity contribution in [2.45, 2.75) is 57.9 Å². The van der Waals surface area contributed by atoms with Crippen LogP contribution in [0.1, 0.15) is 90.6 Å². The van der Waals surface area contributed by atoms with Gasteiger partial charge in [0, 0.05) is 45.1 Å². The quantitative estimate of drug-likeness (QED) is 0.114. The molecule has 3 aromatic heterocycles. The third-order valence-electron chi connectivity index (χ3n) is 10.1. The van der Waals surface area contributed by atoms with Crippen LogP contribution in [0.4, 0.5) is 10.1 Å². The summed E-state index contributed by atoms with van der Waals surface area (Å²) in [5.74, 6) is 1.22. The number of rotatable bonds is 13. The zero-order chi connectivity index (χ0) is 38.6. The topological polar surface area (TPSA) is 114 Å².